The number of amides is 3. The Morgan fingerprint density at radius 2 is 0.700 bits per heavy atom. The molecule has 40 heteroatoms. The van der Waals surface area contributed by atoms with Gasteiger partial charge in [-0.2, -0.15) is 0 Å². The number of aliphatic hydroxyl groups excluding tert-OH is 20. The van der Waals surface area contributed by atoms with Crippen molar-refractivity contribution in [3.8, 4) is 0 Å². The molecule has 3 amide bonds. The molecule has 23 N–H and O–H groups in total. The first-order chi connectivity index (χ1) is 62.5. The van der Waals surface area contributed by atoms with Crippen LogP contribution in [0.15, 0.2) is 12.2 Å². The number of hydrogen-bond acceptors (Lipinski definition) is 37. The van der Waals surface area contributed by atoms with Gasteiger partial charge in [0.2, 0.25) is 17.7 Å². The quantitative estimate of drug-likeness (QED) is 0.0271. The molecule has 7 saturated heterocycles. The van der Waals surface area contributed by atoms with Gasteiger partial charge in [-0.25, -0.2) is 0 Å². The van der Waals surface area contributed by atoms with Crippen molar-refractivity contribution in [2.24, 2.45) is 0 Å². The molecule has 7 fully saturated rings. The molecule has 40 nitrogen and oxygen atoms in total. The molecule has 7 aliphatic heterocycles. The van der Waals surface area contributed by atoms with Crippen molar-refractivity contribution < 1.29 is 183 Å². The first-order valence-corrected chi connectivity index (χ1v) is 48.3. The largest absolute Gasteiger partial charge is 0.394 e. The minimum Gasteiger partial charge on any atom is -0.394 e. The van der Waals surface area contributed by atoms with E-state index in [-0.39, 0.29) is 12.3 Å². The number of nitrogens with one attached hydrogen (secondary N) is 3. The molecule has 14 unspecified atom stereocenters. The highest BCUT2D eigenvalue weighted by Crippen LogP contribution is 2.39. The van der Waals surface area contributed by atoms with Gasteiger partial charge in [0, 0.05) is 20.3 Å². The van der Waals surface area contributed by atoms with Crippen LogP contribution in [0.4, 0.5) is 0 Å². The van der Waals surface area contributed by atoms with E-state index in [9.17, 15) is 117 Å². The summed E-state index contributed by atoms with van der Waals surface area (Å²) in [5.74, 6) is -2.08. The normalized spacial score (nSPS) is 37.3. The standard InChI is InChI=1S/C90H163N3O37/c1-6-8-10-12-14-16-18-20-21-22-23-24-25-26-27-28-29-31-33-35-37-39-41-43-62(102)93-54(55(101)42-40-38-36-34-32-30-19-17-15-13-11-9-7-2)49-117-87-75(113)72(110)78(58(46-96)123-87)127-89-76(114)73(111)79(59(47-97)124-89)128-90-77(115)82(68(106)57(45-95)121-90)130-86-63(91-52(4)99)69(107)67(105)61(125-86)50-118-85-64(92-53(5)100)81(126-83-71(109)65(103)51(3)119-84(83)116)80(60(48-98)122-85)129-88-74(112)70(108)66(104)56(44-94)120-88/h40,42,51,54-61,63-90,94-98,101,103-116H,6-39,41,43-50H2,1-5H3,(H,91,99)(H,92,100)(H,93,102)/b42-40+/t51?,54-,55+,56?,57?,58?,59?,60?,61?,63?,64?,65+,66-,67-,68-,69+,70-,71?,72+,73+,74?,75?,76?,77?,78+,79-,80+,81+,82-,83-,84+,85+,86-,87+,88-,89-,90-/m0/s1. The van der Waals surface area contributed by atoms with Gasteiger partial charge < -0.3 is 184 Å². The Kier molecular flexibility index (Phi) is 53.6. The summed E-state index contributed by atoms with van der Waals surface area (Å²) in [6.45, 7) is 1.32. The zero-order valence-corrected chi connectivity index (χ0v) is 76.8. The van der Waals surface area contributed by atoms with Crippen LogP contribution in [0.1, 0.15) is 266 Å². The molecule has 0 aromatic heterocycles. The van der Waals surface area contributed by atoms with Gasteiger partial charge in [-0.3, -0.25) is 14.4 Å². The highest BCUT2D eigenvalue weighted by atomic mass is 16.8. The Morgan fingerprint density at radius 3 is 1.18 bits per heavy atom. The second kappa shape index (κ2) is 61.3. The lowest BCUT2D eigenvalue weighted by molar-refractivity contribution is -0.387. The van der Waals surface area contributed by atoms with Crippen LogP contribution >= 0.6 is 0 Å². The minimum atomic E-state index is -2.30. The van der Waals surface area contributed by atoms with Crippen LogP contribution in [0.2, 0.25) is 0 Å². The van der Waals surface area contributed by atoms with Gasteiger partial charge >= 0.3 is 0 Å². The van der Waals surface area contributed by atoms with Crippen LogP contribution in [-0.4, -0.2) is 393 Å². The molecule has 7 aliphatic rings. The van der Waals surface area contributed by atoms with Gasteiger partial charge in [-0.05, 0) is 26.2 Å². The molecule has 0 saturated carbocycles. The van der Waals surface area contributed by atoms with E-state index in [4.69, 9.17) is 66.3 Å². The van der Waals surface area contributed by atoms with Crippen LogP contribution in [0.25, 0.3) is 0 Å². The minimum absolute atomic E-state index is 0.173. The van der Waals surface area contributed by atoms with E-state index in [1.807, 2.05) is 6.08 Å². The summed E-state index contributed by atoms with van der Waals surface area (Å²) < 4.78 is 83.3. The maximum absolute atomic E-state index is 13.6. The third-order valence-corrected chi connectivity index (χ3v) is 25.8. The molecule has 0 bridgehead atoms. The van der Waals surface area contributed by atoms with E-state index in [2.05, 4.69) is 29.8 Å². The van der Waals surface area contributed by atoms with Crippen molar-refractivity contribution in [1.29, 1.82) is 0 Å². The molecule has 760 valence electrons. The zero-order chi connectivity index (χ0) is 94.9. The second-order valence-corrected chi connectivity index (χ2v) is 36.3. The molecule has 0 aromatic carbocycles. The fraction of sp³-hybridized carbons (Fsp3) is 0.944. The number of carbonyl (C=O) groups excluding carboxylic acids is 3. The highest BCUT2D eigenvalue weighted by molar-refractivity contribution is 5.76. The number of rotatable bonds is 62. The molecule has 130 heavy (non-hydrogen) atoms. The summed E-state index contributed by atoms with van der Waals surface area (Å²) in [4.78, 5) is 39.6. The molecule has 37 atom stereocenters. The predicted octanol–water partition coefficient (Wildman–Crippen LogP) is -0.451. The average molecular weight is 1880 g/mol. The molecule has 0 aromatic rings. The number of unbranched alkanes of at least 4 members (excludes halogenated alkanes) is 33. The highest BCUT2D eigenvalue weighted by Gasteiger charge is 2.59. The molecule has 0 aliphatic carbocycles. The number of aliphatic hydroxyl groups is 20. The van der Waals surface area contributed by atoms with Crippen molar-refractivity contribution in [2.75, 3.05) is 46.2 Å². The maximum atomic E-state index is 13.6. The van der Waals surface area contributed by atoms with Gasteiger partial charge in [-0.1, -0.05) is 231 Å². The van der Waals surface area contributed by atoms with E-state index in [1.54, 1.807) is 6.08 Å². The number of carbonyl (C=O) groups is 3. The summed E-state index contributed by atoms with van der Waals surface area (Å²) in [5, 5.41) is 232. The third kappa shape index (κ3) is 35.3. The molecular formula is C90H163N3O37. The summed E-state index contributed by atoms with van der Waals surface area (Å²) in [6, 6.07) is -4.67. The Balaban J connectivity index is 0.952. The fourth-order valence-electron chi connectivity index (χ4n) is 17.9. The van der Waals surface area contributed by atoms with Crippen LogP contribution in [0.5, 0.6) is 0 Å². The van der Waals surface area contributed by atoms with E-state index in [1.165, 1.54) is 167 Å². The van der Waals surface area contributed by atoms with E-state index < -0.39 is 285 Å². The Hall–Kier alpha value is -3.21. The van der Waals surface area contributed by atoms with Crippen LogP contribution in [0, 0.1) is 0 Å². The van der Waals surface area contributed by atoms with E-state index in [0.717, 1.165) is 65.2 Å². The lowest BCUT2D eigenvalue weighted by Crippen LogP contribution is -2.70. The Morgan fingerprint density at radius 1 is 0.331 bits per heavy atom. The van der Waals surface area contributed by atoms with E-state index in [0.29, 0.717) is 12.8 Å². The second-order valence-electron chi connectivity index (χ2n) is 36.3. The lowest BCUT2D eigenvalue weighted by atomic mass is 9.93. The molecule has 7 rings (SSSR count). The summed E-state index contributed by atoms with van der Waals surface area (Å²) in [5.41, 5.74) is 0. The first-order valence-electron chi connectivity index (χ1n) is 48.3. The van der Waals surface area contributed by atoms with E-state index >= 15 is 0 Å². The van der Waals surface area contributed by atoms with Gasteiger partial charge in [0.25, 0.3) is 0 Å². The SMILES string of the molecule is CCCCCCCCCCCCC/C=C/[C@@H](O)[C@H](CO[C@@H]1OC(CO)[C@@H](O[C@@H]2OC(CO)[C@H](O[C@@H]3OC(CO)[C@H](O)[C@H](O[C@@H]4OC(CO[C@@H]5OC(CO)[C@@H](O[C@@H]6OC(CO)[C@H](O)[C@H](O)C6O)[C@H](O[C@H]6C(O)[C@H](O)C(C)O[C@H]6O)C5NC(C)=O)[C@H](O)[C@H](O)C4NC(C)=O)C3O)[C@H](O)C2O)[C@H](O)C1O)NC(=O)CCCCCCCCCCCCCCCCCCCCCCCCC. The number of allylic oxidation sites excluding steroid dienone is 1. The number of hydrogen-bond donors (Lipinski definition) is 23. The van der Waals surface area contributed by atoms with Crippen molar-refractivity contribution in [1.82, 2.24) is 16.0 Å². The van der Waals surface area contributed by atoms with Crippen molar-refractivity contribution in [2.45, 2.75) is 493 Å². The number of ether oxygens (including phenoxy) is 14. The summed E-state index contributed by atoms with van der Waals surface area (Å²) in [7, 11) is 0. The zero-order valence-electron chi connectivity index (χ0n) is 76.8. The average Bonchev–Trinajstić information content (AvgIpc) is 0.768. The molecule has 0 radical (unpaired) electrons. The smallest absolute Gasteiger partial charge is 0.220 e. The summed E-state index contributed by atoms with van der Waals surface area (Å²) in [6.07, 6.45) is -19.5. The van der Waals surface area contributed by atoms with Gasteiger partial charge in [0.05, 0.1) is 64.5 Å². The Labute approximate surface area is 764 Å². The van der Waals surface area contributed by atoms with Crippen molar-refractivity contribution >= 4 is 17.7 Å². The first kappa shape index (κ1) is 114. The van der Waals surface area contributed by atoms with Gasteiger partial charge in [-0.15, -0.1) is 0 Å². The van der Waals surface area contributed by atoms with Crippen LogP contribution in [0.3, 0.4) is 0 Å². The van der Waals surface area contributed by atoms with Crippen molar-refractivity contribution in [3.63, 3.8) is 0 Å². The van der Waals surface area contributed by atoms with Crippen LogP contribution < -0.4 is 16.0 Å². The lowest BCUT2D eigenvalue weighted by Gasteiger charge is -2.51. The fourth-order valence-corrected chi connectivity index (χ4v) is 17.9. The monoisotopic (exact) mass is 1880 g/mol. The topological polar surface area (TPSA) is 621 Å². The van der Waals surface area contributed by atoms with Gasteiger partial charge in [0.1, 0.15) is 165 Å². The van der Waals surface area contributed by atoms with Gasteiger partial charge in [0.15, 0.2) is 44.0 Å². The summed E-state index contributed by atoms with van der Waals surface area (Å²) >= 11 is 0. The Bertz CT molecular complexity index is 3060. The predicted molar refractivity (Wildman–Crippen MR) is 462 cm³/mol. The molecule has 0 spiro atoms. The van der Waals surface area contributed by atoms with Crippen molar-refractivity contribution in [3.05, 3.63) is 12.2 Å². The third-order valence-electron chi connectivity index (χ3n) is 25.8. The molecule has 7 heterocycles. The maximum Gasteiger partial charge on any atom is 0.220 e. The molecular weight excluding hydrogens is 1710 g/mol. The van der Waals surface area contributed by atoms with Crippen LogP contribution in [-0.2, 0) is 80.7 Å².